The van der Waals surface area contributed by atoms with Gasteiger partial charge in [0.2, 0.25) is 0 Å². The summed E-state index contributed by atoms with van der Waals surface area (Å²) in [6.07, 6.45) is 4.81. The number of carbonyl (C=O) groups is 1. The van der Waals surface area contributed by atoms with Gasteiger partial charge >= 0.3 is 0 Å². The van der Waals surface area contributed by atoms with Crippen molar-refractivity contribution in [3.05, 3.63) is 57.6 Å². The Bertz CT molecular complexity index is 878. The van der Waals surface area contributed by atoms with E-state index in [1.807, 2.05) is 0 Å². The van der Waals surface area contributed by atoms with Crippen molar-refractivity contribution in [1.29, 1.82) is 0 Å². The third kappa shape index (κ3) is 2.81. The van der Waals surface area contributed by atoms with E-state index in [4.69, 9.17) is 4.42 Å². The second-order valence-electron chi connectivity index (χ2n) is 5.96. The Hall–Kier alpha value is -2.01. The maximum Gasteiger partial charge on any atom is 0.287 e. The van der Waals surface area contributed by atoms with Gasteiger partial charge < -0.3 is 14.7 Å². The van der Waals surface area contributed by atoms with Gasteiger partial charge in [-0.25, -0.2) is 0 Å². The van der Waals surface area contributed by atoms with Crippen LogP contribution in [0.15, 0.2) is 39.4 Å². The molecule has 0 aliphatic heterocycles. The molecule has 0 radical (unpaired) electrons. The fraction of sp³-hybridized carbons (Fsp3) is 0.278. The van der Waals surface area contributed by atoms with Gasteiger partial charge in [-0.1, -0.05) is 6.07 Å². The van der Waals surface area contributed by atoms with Gasteiger partial charge in [0, 0.05) is 23.1 Å². The van der Waals surface area contributed by atoms with E-state index in [1.54, 1.807) is 12.1 Å². The van der Waals surface area contributed by atoms with E-state index in [0.29, 0.717) is 17.0 Å². The summed E-state index contributed by atoms with van der Waals surface area (Å²) >= 11 is 3.20. The number of aromatic nitrogens is 1. The molecule has 4 nitrogen and oxygen atoms in total. The van der Waals surface area contributed by atoms with E-state index in [1.165, 1.54) is 35.0 Å². The van der Waals surface area contributed by atoms with Gasteiger partial charge in [-0.3, -0.25) is 4.79 Å². The molecule has 1 aliphatic rings. The molecule has 4 rings (SSSR count). The van der Waals surface area contributed by atoms with Crippen LogP contribution in [-0.2, 0) is 19.4 Å². The molecule has 118 valence electrons. The quantitative estimate of drug-likeness (QED) is 0.718. The van der Waals surface area contributed by atoms with Crippen LogP contribution in [-0.4, -0.2) is 10.9 Å². The van der Waals surface area contributed by atoms with Gasteiger partial charge in [0.15, 0.2) is 10.4 Å². The van der Waals surface area contributed by atoms with Crippen molar-refractivity contribution in [1.82, 2.24) is 10.3 Å². The predicted molar refractivity (Wildman–Crippen MR) is 92.5 cm³/mol. The van der Waals surface area contributed by atoms with Crippen LogP contribution in [0.25, 0.3) is 10.9 Å². The number of furan rings is 1. The van der Waals surface area contributed by atoms with Gasteiger partial charge in [-0.05, 0) is 77.0 Å². The summed E-state index contributed by atoms with van der Waals surface area (Å²) in [5, 5.41) is 4.20. The Labute approximate surface area is 142 Å². The third-order valence-electron chi connectivity index (χ3n) is 4.41. The summed E-state index contributed by atoms with van der Waals surface area (Å²) in [6, 6.07) is 9.73. The molecule has 0 atom stereocenters. The zero-order valence-corrected chi connectivity index (χ0v) is 14.2. The van der Waals surface area contributed by atoms with Crippen LogP contribution in [0.1, 0.15) is 40.2 Å². The second kappa shape index (κ2) is 5.89. The minimum Gasteiger partial charge on any atom is -0.444 e. The Morgan fingerprint density at radius 3 is 2.91 bits per heavy atom. The number of hydrogen-bond acceptors (Lipinski definition) is 2. The van der Waals surface area contributed by atoms with Crippen LogP contribution in [0, 0.1) is 0 Å². The number of rotatable bonds is 3. The number of halogens is 1. The lowest BCUT2D eigenvalue weighted by molar-refractivity contribution is 0.0922. The first kappa shape index (κ1) is 14.6. The predicted octanol–water partition coefficient (Wildman–Crippen LogP) is 4.33. The highest BCUT2D eigenvalue weighted by molar-refractivity contribution is 9.10. The van der Waals surface area contributed by atoms with Crippen molar-refractivity contribution in [2.24, 2.45) is 0 Å². The summed E-state index contributed by atoms with van der Waals surface area (Å²) < 4.78 is 5.82. The van der Waals surface area contributed by atoms with Crippen molar-refractivity contribution >= 4 is 32.7 Å². The SMILES string of the molecule is O=C(NCc1ccc2[nH]c3c(c2c1)CCCC3)c1ccc(Br)o1. The highest BCUT2D eigenvalue weighted by atomic mass is 79.9. The molecule has 0 saturated heterocycles. The first-order valence-corrected chi connectivity index (χ1v) is 8.66. The molecule has 1 amide bonds. The average Bonchev–Trinajstić information content (AvgIpc) is 3.16. The number of aryl methyl sites for hydroxylation is 2. The molecule has 0 spiro atoms. The molecule has 1 aromatic carbocycles. The van der Waals surface area contributed by atoms with Crippen molar-refractivity contribution < 1.29 is 9.21 Å². The normalized spacial score (nSPS) is 14.0. The Kier molecular flexibility index (Phi) is 3.73. The third-order valence-corrected chi connectivity index (χ3v) is 4.84. The van der Waals surface area contributed by atoms with Crippen molar-refractivity contribution in [3.63, 3.8) is 0 Å². The molecule has 0 unspecified atom stereocenters. The first-order valence-electron chi connectivity index (χ1n) is 7.86. The van der Waals surface area contributed by atoms with E-state index in [9.17, 15) is 4.79 Å². The number of benzene rings is 1. The lowest BCUT2D eigenvalue weighted by atomic mass is 9.95. The highest BCUT2D eigenvalue weighted by Gasteiger charge is 2.16. The van der Waals surface area contributed by atoms with Crippen LogP contribution < -0.4 is 5.32 Å². The van der Waals surface area contributed by atoms with Crippen molar-refractivity contribution in [3.8, 4) is 0 Å². The van der Waals surface area contributed by atoms with E-state index < -0.39 is 0 Å². The molecule has 1 aliphatic carbocycles. The van der Waals surface area contributed by atoms with Crippen LogP contribution in [0.4, 0.5) is 0 Å². The lowest BCUT2D eigenvalue weighted by Gasteiger charge is -2.10. The molecule has 2 heterocycles. The first-order chi connectivity index (χ1) is 11.2. The number of amides is 1. The number of nitrogens with one attached hydrogen (secondary N) is 2. The van der Waals surface area contributed by atoms with E-state index >= 15 is 0 Å². The van der Waals surface area contributed by atoms with Crippen LogP contribution in [0.5, 0.6) is 0 Å². The highest BCUT2D eigenvalue weighted by Crippen LogP contribution is 2.29. The zero-order chi connectivity index (χ0) is 15.8. The molecule has 0 saturated carbocycles. The number of carbonyl (C=O) groups excluding carboxylic acids is 1. The van der Waals surface area contributed by atoms with Crippen molar-refractivity contribution in [2.45, 2.75) is 32.2 Å². The monoisotopic (exact) mass is 372 g/mol. The molecule has 0 fully saturated rings. The Morgan fingerprint density at radius 1 is 1.22 bits per heavy atom. The maximum atomic E-state index is 12.0. The average molecular weight is 373 g/mol. The molecule has 2 N–H and O–H groups in total. The lowest BCUT2D eigenvalue weighted by Crippen LogP contribution is -2.22. The van der Waals surface area contributed by atoms with Crippen molar-refractivity contribution in [2.75, 3.05) is 0 Å². The fourth-order valence-electron chi connectivity index (χ4n) is 3.27. The minimum atomic E-state index is -0.202. The van der Waals surface area contributed by atoms with Crippen LogP contribution in [0.2, 0.25) is 0 Å². The summed E-state index contributed by atoms with van der Waals surface area (Å²) in [6.45, 7) is 0.493. The van der Waals surface area contributed by atoms with E-state index in [-0.39, 0.29) is 5.91 Å². The van der Waals surface area contributed by atoms with Gasteiger partial charge in [0.25, 0.3) is 5.91 Å². The van der Waals surface area contributed by atoms with Gasteiger partial charge in [-0.15, -0.1) is 0 Å². The molecule has 3 aromatic rings. The zero-order valence-electron chi connectivity index (χ0n) is 12.6. The minimum absolute atomic E-state index is 0.202. The van der Waals surface area contributed by atoms with E-state index in [0.717, 1.165) is 18.4 Å². The maximum absolute atomic E-state index is 12.0. The largest absolute Gasteiger partial charge is 0.444 e. The molecular weight excluding hydrogens is 356 g/mol. The number of fused-ring (bicyclic) bond motifs is 3. The summed E-state index contributed by atoms with van der Waals surface area (Å²) in [7, 11) is 0. The summed E-state index contributed by atoms with van der Waals surface area (Å²) in [4.78, 5) is 15.6. The van der Waals surface area contributed by atoms with Crippen LogP contribution >= 0.6 is 15.9 Å². The van der Waals surface area contributed by atoms with E-state index in [2.05, 4.69) is 44.4 Å². The number of H-pyrrole nitrogens is 1. The van der Waals surface area contributed by atoms with Gasteiger partial charge in [0.1, 0.15) is 0 Å². The smallest absolute Gasteiger partial charge is 0.287 e. The fourth-order valence-corrected chi connectivity index (χ4v) is 3.58. The standard InChI is InChI=1S/C18H17BrN2O2/c19-17-8-7-16(23-17)18(22)20-10-11-5-6-15-13(9-11)12-3-1-2-4-14(12)21-15/h5-9,21H,1-4,10H2,(H,20,22). The Balaban J connectivity index is 1.54. The molecular formula is C18H17BrN2O2. The van der Waals surface area contributed by atoms with Gasteiger partial charge in [-0.2, -0.15) is 0 Å². The molecule has 0 bridgehead atoms. The second-order valence-corrected chi connectivity index (χ2v) is 6.74. The molecule has 23 heavy (non-hydrogen) atoms. The topological polar surface area (TPSA) is 58.0 Å². The summed E-state index contributed by atoms with van der Waals surface area (Å²) in [5.74, 6) is 0.115. The number of aromatic amines is 1. The Morgan fingerprint density at radius 2 is 2.09 bits per heavy atom. The number of hydrogen-bond donors (Lipinski definition) is 2. The summed E-state index contributed by atoms with van der Waals surface area (Å²) in [5.41, 5.74) is 5.13. The van der Waals surface area contributed by atoms with Gasteiger partial charge in [0.05, 0.1) is 0 Å². The van der Waals surface area contributed by atoms with Crippen LogP contribution in [0.3, 0.4) is 0 Å². The molecule has 2 aromatic heterocycles. The molecule has 5 heteroatoms.